The zero-order chi connectivity index (χ0) is 13.8. The summed E-state index contributed by atoms with van der Waals surface area (Å²) in [5.74, 6) is -2.23. The largest absolute Gasteiger partial charge is 0.340 e. The van der Waals surface area contributed by atoms with Crippen molar-refractivity contribution in [1.29, 1.82) is 0 Å². The summed E-state index contributed by atoms with van der Waals surface area (Å²) in [7, 11) is 1.57. The summed E-state index contributed by atoms with van der Waals surface area (Å²) in [6, 6.07) is 3.66. The van der Waals surface area contributed by atoms with Gasteiger partial charge in [-0.2, -0.15) is 0 Å². The van der Waals surface area contributed by atoms with Gasteiger partial charge in [0.05, 0.1) is 0 Å². The van der Waals surface area contributed by atoms with Crippen LogP contribution in [-0.4, -0.2) is 37.0 Å². The lowest BCUT2D eigenvalue weighted by Crippen LogP contribution is -2.44. The molecule has 0 aliphatic carbocycles. The first kappa shape index (κ1) is 13.9. The molecule has 1 aromatic carbocycles. The van der Waals surface area contributed by atoms with Crippen molar-refractivity contribution < 1.29 is 13.6 Å². The van der Waals surface area contributed by atoms with Gasteiger partial charge in [-0.3, -0.25) is 4.79 Å². The number of benzene rings is 1. The molecule has 1 atom stereocenters. The van der Waals surface area contributed by atoms with Gasteiger partial charge in [0.25, 0.3) is 5.91 Å². The van der Waals surface area contributed by atoms with Crippen molar-refractivity contribution in [2.75, 3.05) is 20.1 Å². The fourth-order valence-corrected chi connectivity index (χ4v) is 2.39. The molecule has 1 heterocycles. The van der Waals surface area contributed by atoms with Crippen LogP contribution in [0.25, 0.3) is 0 Å². The topological polar surface area (TPSA) is 32.3 Å². The first-order valence-corrected chi connectivity index (χ1v) is 6.52. The maximum absolute atomic E-state index is 13.5. The molecular weight excluding hydrogens is 250 g/mol. The van der Waals surface area contributed by atoms with Crippen LogP contribution >= 0.6 is 0 Å². The Morgan fingerprint density at radius 3 is 2.63 bits per heavy atom. The van der Waals surface area contributed by atoms with Crippen LogP contribution in [-0.2, 0) is 0 Å². The van der Waals surface area contributed by atoms with Crippen molar-refractivity contribution in [3.8, 4) is 0 Å². The van der Waals surface area contributed by atoms with Crippen molar-refractivity contribution in [3.05, 3.63) is 35.4 Å². The Hall–Kier alpha value is -1.49. The molecule has 1 aromatic rings. The number of nitrogens with one attached hydrogen (secondary N) is 1. The minimum atomic E-state index is -0.812. The van der Waals surface area contributed by atoms with Crippen molar-refractivity contribution in [3.63, 3.8) is 0 Å². The van der Waals surface area contributed by atoms with Crippen LogP contribution in [0.1, 0.15) is 29.6 Å². The number of rotatable bonds is 3. The van der Waals surface area contributed by atoms with E-state index >= 15 is 0 Å². The van der Waals surface area contributed by atoms with E-state index < -0.39 is 23.1 Å². The van der Waals surface area contributed by atoms with Gasteiger partial charge in [0.1, 0.15) is 17.2 Å². The molecule has 0 aromatic heterocycles. The van der Waals surface area contributed by atoms with Crippen LogP contribution in [0.15, 0.2) is 18.2 Å². The maximum atomic E-state index is 13.5. The Morgan fingerprint density at radius 2 is 2.05 bits per heavy atom. The number of amides is 1. The number of halogens is 2. The number of nitrogens with zero attached hydrogens (tertiary/aromatic N) is 1. The Labute approximate surface area is 111 Å². The number of hydrogen-bond acceptors (Lipinski definition) is 2. The molecule has 1 N–H and O–H groups in total. The molecule has 104 valence electrons. The first-order chi connectivity index (χ1) is 9.09. The summed E-state index contributed by atoms with van der Waals surface area (Å²) in [4.78, 5) is 13.5. The zero-order valence-corrected chi connectivity index (χ0v) is 11.0. The minimum absolute atomic E-state index is 0.206. The summed E-state index contributed by atoms with van der Waals surface area (Å²) in [6.07, 6.45) is 3.24. The van der Waals surface area contributed by atoms with E-state index in [9.17, 15) is 13.6 Å². The third kappa shape index (κ3) is 3.29. The van der Waals surface area contributed by atoms with E-state index in [1.54, 1.807) is 7.05 Å². The zero-order valence-electron chi connectivity index (χ0n) is 11.0. The van der Waals surface area contributed by atoms with Gasteiger partial charge in [-0.25, -0.2) is 8.78 Å². The standard InChI is InChI=1S/C14H18F2N2O/c1-18(9-10-5-2-3-8-17-10)14(19)13-11(15)6-4-7-12(13)16/h4,6-7,10,17H,2-3,5,8-9H2,1H3. The molecule has 5 heteroatoms. The van der Waals surface area contributed by atoms with Crippen molar-refractivity contribution in [1.82, 2.24) is 10.2 Å². The molecule has 1 aliphatic heterocycles. The molecule has 0 bridgehead atoms. The Kier molecular flexibility index (Phi) is 4.47. The van der Waals surface area contributed by atoms with Gasteiger partial charge < -0.3 is 10.2 Å². The minimum Gasteiger partial charge on any atom is -0.340 e. The molecule has 2 rings (SSSR count). The molecule has 1 unspecified atom stereocenters. The molecular formula is C14H18F2N2O. The molecule has 19 heavy (non-hydrogen) atoms. The van der Waals surface area contributed by atoms with Crippen molar-refractivity contribution in [2.24, 2.45) is 0 Å². The third-order valence-electron chi connectivity index (χ3n) is 3.43. The fraction of sp³-hybridized carbons (Fsp3) is 0.500. The van der Waals surface area contributed by atoms with Gasteiger partial charge in [-0.1, -0.05) is 12.5 Å². The monoisotopic (exact) mass is 268 g/mol. The van der Waals surface area contributed by atoms with Gasteiger partial charge in [0, 0.05) is 19.6 Å². The van der Waals surface area contributed by atoms with E-state index in [0.717, 1.165) is 37.9 Å². The average molecular weight is 268 g/mol. The summed E-state index contributed by atoms with van der Waals surface area (Å²) < 4.78 is 27.1. The average Bonchev–Trinajstić information content (AvgIpc) is 2.39. The predicted molar refractivity (Wildman–Crippen MR) is 69.0 cm³/mol. The Balaban J connectivity index is 2.06. The van der Waals surface area contributed by atoms with Crippen LogP contribution in [0.3, 0.4) is 0 Å². The third-order valence-corrected chi connectivity index (χ3v) is 3.43. The maximum Gasteiger partial charge on any atom is 0.259 e. The van der Waals surface area contributed by atoms with Crippen LogP contribution < -0.4 is 5.32 Å². The van der Waals surface area contributed by atoms with Crippen LogP contribution in [0.5, 0.6) is 0 Å². The molecule has 3 nitrogen and oxygen atoms in total. The Bertz CT molecular complexity index is 439. The quantitative estimate of drug-likeness (QED) is 0.911. The molecule has 0 saturated carbocycles. The molecule has 1 aliphatic rings. The Morgan fingerprint density at radius 1 is 1.37 bits per heavy atom. The van der Waals surface area contributed by atoms with Crippen LogP contribution in [0, 0.1) is 11.6 Å². The van der Waals surface area contributed by atoms with Gasteiger partial charge >= 0.3 is 0 Å². The summed E-state index contributed by atoms with van der Waals surface area (Å²) >= 11 is 0. The molecule has 1 amide bonds. The summed E-state index contributed by atoms with van der Waals surface area (Å²) in [5, 5.41) is 3.30. The highest BCUT2D eigenvalue weighted by Gasteiger charge is 2.23. The number of piperidine rings is 1. The second-order valence-electron chi connectivity index (χ2n) is 4.93. The van der Waals surface area contributed by atoms with E-state index in [1.165, 1.54) is 11.0 Å². The van der Waals surface area contributed by atoms with E-state index in [1.807, 2.05) is 0 Å². The summed E-state index contributed by atoms with van der Waals surface area (Å²) in [5.41, 5.74) is -0.471. The second-order valence-corrected chi connectivity index (χ2v) is 4.93. The van der Waals surface area contributed by atoms with E-state index in [4.69, 9.17) is 0 Å². The van der Waals surface area contributed by atoms with Crippen LogP contribution in [0.2, 0.25) is 0 Å². The van der Waals surface area contributed by atoms with Gasteiger partial charge in [-0.05, 0) is 31.5 Å². The molecule has 0 radical (unpaired) electrons. The van der Waals surface area contributed by atoms with E-state index in [-0.39, 0.29) is 6.04 Å². The van der Waals surface area contributed by atoms with Crippen molar-refractivity contribution >= 4 is 5.91 Å². The van der Waals surface area contributed by atoms with E-state index in [0.29, 0.717) is 6.54 Å². The number of hydrogen-bond donors (Lipinski definition) is 1. The smallest absolute Gasteiger partial charge is 0.259 e. The van der Waals surface area contributed by atoms with E-state index in [2.05, 4.69) is 5.32 Å². The lowest BCUT2D eigenvalue weighted by atomic mass is 10.0. The van der Waals surface area contributed by atoms with Gasteiger partial charge in [-0.15, -0.1) is 0 Å². The SMILES string of the molecule is CN(CC1CCCCN1)C(=O)c1c(F)cccc1F. The number of carbonyl (C=O) groups is 1. The number of likely N-dealkylation sites (N-methyl/N-ethyl adjacent to an activating group) is 1. The first-order valence-electron chi connectivity index (χ1n) is 6.52. The highest BCUT2D eigenvalue weighted by Crippen LogP contribution is 2.15. The fourth-order valence-electron chi connectivity index (χ4n) is 2.39. The molecule has 1 saturated heterocycles. The normalized spacial score (nSPS) is 19.2. The van der Waals surface area contributed by atoms with Gasteiger partial charge in [0.15, 0.2) is 0 Å². The summed E-state index contributed by atoms with van der Waals surface area (Å²) in [6.45, 7) is 1.40. The lowest BCUT2D eigenvalue weighted by Gasteiger charge is -2.28. The van der Waals surface area contributed by atoms with Crippen LogP contribution in [0.4, 0.5) is 8.78 Å². The highest BCUT2D eigenvalue weighted by molar-refractivity contribution is 5.94. The van der Waals surface area contributed by atoms with Crippen molar-refractivity contribution in [2.45, 2.75) is 25.3 Å². The molecule has 1 fully saturated rings. The highest BCUT2D eigenvalue weighted by atomic mass is 19.1. The molecule has 0 spiro atoms. The number of carbonyl (C=O) groups excluding carboxylic acids is 1. The van der Waals surface area contributed by atoms with Gasteiger partial charge in [0.2, 0.25) is 0 Å². The second kappa shape index (κ2) is 6.10. The lowest BCUT2D eigenvalue weighted by molar-refractivity contribution is 0.0765. The predicted octanol–water partition coefficient (Wildman–Crippen LogP) is 2.18.